The molecule has 0 amide bonds. The summed E-state index contributed by atoms with van der Waals surface area (Å²) in [7, 11) is 0. The summed E-state index contributed by atoms with van der Waals surface area (Å²) in [6.45, 7) is 3.00. The number of hydrogen-bond acceptors (Lipinski definition) is 2. The van der Waals surface area contributed by atoms with Gasteiger partial charge in [-0.25, -0.2) is 8.78 Å². The summed E-state index contributed by atoms with van der Waals surface area (Å²) >= 11 is 3.31. The van der Waals surface area contributed by atoms with Crippen LogP contribution < -0.4 is 10.1 Å². The van der Waals surface area contributed by atoms with Crippen molar-refractivity contribution >= 4 is 15.9 Å². The molecular weight excluding hydrogens is 292 g/mol. The summed E-state index contributed by atoms with van der Waals surface area (Å²) in [5.74, 6) is 0.497. The van der Waals surface area contributed by atoms with E-state index in [4.69, 9.17) is 4.74 Å². The summed E-state index contributed by atoms with van der Waals surface area (Å²) in [6, 6.07) is 5.51. The number of rotatable bonds is 7. The first-order chi connectivity index (χ1) is 8.15. The molecule has 1 N–H and O–H groups in total. The maximum absolute atomic E-state index is 12.1. The first-order valence-electron chi connectivity index (χ1n) is 5.54. The molecule has 0 aliphatic heterocycles. The topological polar surface area (TPSA) is 21.3 Å². The minimum Gasteiger partial charge on any atom is -0.486 e. The van der Waals surface area contributed by atoms with E-state index >= 15 is 0 Å². The largest absolute Gasteiger partial charge is 0.486 e. The van der Waals surface area contributed by atoms with Gasteiger partial charge in [0.1, 0.15) is 12.4 Å². The first kappa shape index (κ1) is 14.4. The summed E-state index contributed by atoms with van der Waals surface area (Å²) in [5, 5.41) is 3.22. The van der Waals surface area contributed by atoms with Gasteiger partial charge in [0, 0.05) is 12.1 Å². The fraction of sp³-hybridized carbons (Fsp3) is 0.500. The Hall–Kier alpha value is -0.680. The van der Waals surface area contributed by atoms with Crippen molar-refractivity contribution in [2.24, 2.45) is 0 Å². The Kier molecular flexibility index (Phi) is 6.44. The van der Waals surface area contributed by atoms with Crippen molar-refractivity contribution in [2.45, 2.75) is 26.3 Å². The highest BCUT2D eigenvalue weighted by Gasteiger charge is 2.10. The van der Waals surface area contributed by atoms with Crippen LogP contribution in [-0.2, 0) is 6.54 Å². The van der Waals surface area contributed by atoms with Gasteiger partial charge in [0.05, 0.1) is 4.47 Å². The molecule has 1 aromatic carbocycles. The maximum atomic E-state index is 12.1. The molecule has 0 fully saturated rings. The van der Waals surface area contributed by atoms with Crippen LogP contribution in [0.15, 0.2) is 22.7 Å². The lowest BCUT2D eigenvalue weighted by molar-refractivity contribution is 0.0810. The lowest BCUT2D eigenvalue weighted by atomic mass is 10.2. The van der Waals surface area contributed by atoms with Crippen molar-refractivity contribution in [1.82, 2.24) is 5.32 Å². The molecule has 0 spiro atoms. The van der Waals surface area contributed by atoms with Crippen LogP contribution in [0.3, 0.4) is 0 Å². The average Bonchev–Trinajstić information content (AvgIpc) is 2.28. The zero-order chi connectivity index (χ0) is 12.7. The smallest absolute Gasteiger partial charge is 0.272 e. The maximum Gasteiger partial charge on any atom is 0.272 e. The molecule has 2 nitrogen and oxygen atoms in total. The van der Waals surface area contributed by atoms with Crippen molar-refractivity contribution in [3.05, 3.63) is 28.2 Å². The summed E-state index contributed by atoms with van der Waals surface area (Å²) in [6.07, 6.45) is -1.43. The van der Waals surface area contributed by atoms with Gasteiger partial charge >= 0.3 is 0 Å². The molecule has 0 aliphatic rings. The molecule has 0 bridgehead atoms. The van der Waals surface area contributed by atoms with E-state index in [0.29, 0.717) is 16.8 Å². The molecular formula is C12H16BrF2NO. The molecule has 0 aromatic heterocycles. The van der Waals surface area contributed by atoms with Crippen LogP contribution in [0.5, 0.6) is 5.75 Å². The molecule has 1 aromatic rings. The third-order valence-electron chi connectivity index (χ3n) is 2.14. The minimum absolute atomic E-state index is 0.497. The second-order valence-electron chi connectivity index (χ2n) is 3.61. The molecule has 0 radical (unpaired) electrons. The fourth-order valence-electron chi connectivity index (χ4n) is 1.40. The van der Waals surface area contributed by atoms with Crippen molar-refractivity contribution in [3.63, 3.8) is 0 Å². The van der Waals surface area contributed by atoms with Gasteiger partial charge < -0.3 is 10.1 Å². The van der Waals surface area contributed by atoms with E-state index in [0.717, 1.165) is 18.5 Å². The zero-order valence-electron chi connectivity index (χ0n) is 9.68. The van der Waals surface area contributed by atoms with Crippen molar-refractivity contribution < 1.29 is 13.5 Å². The van der Waals surface area contributed by atoms with E-state index in [-0.39, 0.29) is 0 Å². The highest BCUT2D eigenvalue weighted by Crippen LogP contribution is 2.29. The molecule has 0 atom stereocenters. The van der Waals surface area contributed by atoms with Crippen LogP contribution >= 0.6 is 15.9 Å². The Bertz CT molecular complexity index is 347. The summed E-state index contributed by atoms with van der Waals surface area (Å²) in [4.78, 5) is 0. The van der Waals surface area contributed by atoms with Crippen LogP contribution in [0.4, 0.5) is 8.78 Å². The standard InChI is InChI=1S/C12H16BrF2NO/c1-2-6-16-7-9-4-3-5-10(13)12(9)17-8-11(14)15/h3-5,11,16H,2,6-8H2,1H3. The normalized spacial score (nSPS) is 10.9. The van der Waals surface area contributed by atoms with Crippen molar-refractivity contribution in [3.8, 4) is 5.75 Å². The third kappa shape index (κ3) is 5.00. The highest BCUT2D eigenvalue weighted by atomic mass is 79.9. The van der Waals surface area contributed by atoms with Gasteiger partial charge in [-0.2, -0.15) is 0 Å². The Labute approximate surface area is 108 Å². The predicted molar refractivity (Wildman–Crippen MR) is 67.6 cm³/mol. The Morgan fingerprint density at radius 3 is 2.82 bits per heavy atom. The third-order valence-corrected chi connectivity index (χ3v) is 2.77. The number of nitrogens with one attached hydrogen (secondary N) is 1. The van der Waals surface area contributed by atoms with Gasteiger partial charge in [-0.15, -0.1) is 0 Å². The monoisotopic (exact) mass is 307 g/mol. The van der Waals surface area contributed by atoms with Crippen LogP contribution in [-0.4, -0.2) is 19.6 Å². The zero-order valence-corrected chi connectivity index (χ0v) is 11.3. The van der Waals surface area contributed by atoms with Crippen molar-refractivity contribution in [1.29, 1.82) is 0 Å². The number of alkyl halides is 2. The van der Waals surface area contributed by atoms with Gasteiger partial charge in [-0.05, 0) is 35.0 Å². The van der Waals surface area contributed by atoms with E-state index in [1.54, 1.807) is 6.07 Å². The predicted octanol–water partition coefficient (Wildman–Crippen LogP) is 3.59. The van der Waals surface area contributed by atoms with E-state index in [9.17, 15) is 8.78 Å². The Balaban J connectivity index is 2.69. The van der Waals surface area contributed by atoms with Gasteiger partial charge in [0.15, 0.2) is 0 Å². The van der Waals surface area contributed by atoms with Crippen LogP contribution in [0.1, 0.15) is 18.9 Å². The number of ether oxygens (including phenoxy) is 1. The fourth-order valence-corrected chi connectivity index (χ4v) is 1.92. The van der Waals surface area contributed by atoms with Gasteiger partial charge in [-0.3, -0.25) is 0 Å². The van der Waals surface area contributed by atoms with E-state index < -0.39 is 13.0 Å². The summed E-state index contributed by atoms with van der Waals surface area (Å²) < 4.78 is 30.1. The number of para-hydroxylation sites is 1. The molecule has 96 valence electrons. The number of halogens is 3. The second-order valence-corrected chi connectivity index (χ2v) is 4.46. The van der Waals surface area contributed by atoms with Gasteiger partial charge in [-0.1, -0.05) is 19.1 Å². The van der Waals surface area contributed by atoms with E-state index in [2.05, 4.69) is 28.2 Å². The molecule has 0 saturated carbocycles. The Morgan fingerprint density at radius 2 is 2.18 bits per heavy atom. The molecule has 0 heterocycles. The molecule has 0 unspecified atom stereocenters. The highest BCUT2D eigenvalue weighted by molar-refractivity contribution is 9.10. The number of hydrogen-bond donors (Lipinski definition) is 1. The molecule has 0 aliphatic carbocycles. The van der Waals surface area contributed by atoms with Gasteiger partial charge in [0.2, 0.25) is 0 Å². The van der Waals surface area contributed by atoms with Crippen LogP contribution in [0.25, 0.3) is 0 Å². The minimum atomic E-state index is -2.46. The van der Waals surface area contributed by atoms with Crippen LogP contribution in [0.2, 0.25) is 0 Å². The SMILES string of the molecule is CCCNCc1cccc(Br)c1OCC(F)F. The number of benzene rings is 1. The first-order valence-corrected chi connectivity index (χ1v) is 6.33. The lowest BCUT2D eigenvalue weighted by Crippen LogP contribution is -2.16. The Morgan fingerprint density at radius 1 is 1.41 bits per heavy atom. The van der Waals surface area contributed by atoms with E-state index in [1.165, 1.54) is 0 Å². The van der Waals surface area contributed by atoms with Gasteiger partial charge in [0.25, 0.3) is 6.43 Å². The molecule has 0 saturated heterocycles. The quantitative estimate of drug-likeness (QED) is 0.777. The summed E-state index contributed by atoms with van der Waals surface area (Å²) in [5.41, 5.74) is 0.883. The van der Waals surface area contributed by atoms with Crippen LogP contribution in [0, 0.1) is 0 Å². The molecule has 1 rings (SSSR count). The average molecular weight is 308 g/mol. The van der Waals surface area contributed by atoms with E-state index in [1.807, 2.05) is 12.1 Å². The van der Waals surface area contributed by atoms with Crippen molar-refractivity contribution in [2.75, 3.05) is 13.2 Å². The molecule has 17 heavy (non-hydrogen) atoms. The second kappa shape index (κ2) is 7.61. The lowest BCUT2D eigenvalue weighted by Gasteiger charge is -2.13. The molecule has 5 heteroatoms.